The number of H-pyrrole nitrogens is 1. The quantitative estimate of drug-likeness (QED) is 0.367. The van der Waals surface area contributed by atoms with Gasteiger partial charge in [0.15, 0.2) is 5.82 Å². The third-order valence-corrected chi connectivity index (χ3v) is 8.80. The average Bonchev–Trinajstić information content (AvgIpc) is 3.46. The highest BCUT2D eigenvalue weighted by Gasteiger charge is 2.34. The highest BCUT2D eigenvalue weighted by Crippen LogP contribution is 2.33. The number of pyridine rings is 1. The first-order chi connectivity index (χ1) is 19.5. The molecule has 1 saturated heterocycles. The zero-order valence-corrected chi connectivity index (χ0v) is 23.8. The number of ether oxygens (including phenoxy) is 1. The maximum Gasteiger partial charge on any atom is 0.253 e. The molecule has 0 spiro atoms. The van der Waals surface area contributed by atoms with Crippen LogP contribution in [-0.4, -0.2) is 68.3 Å². The van der Waals surface area contributed by atoms with Gasteiger partial charge in [-0.25, -0.2) is 4.68 Å². The van der Waals surface area contributed by atoms with E-state index >= 15 is 0 Å². The third-order valence-electron chi connectivity index (χ3n) is 8.80. The number of hydrogen-bond donors (Lipinski definition) is 1. The van der Waals surface area contributed by atoms with Crippen LogP contribution in [0.4, 0.5) is 0 Å². The molecule has 3 heterocycles. The number of fused-ring (bicyclic) bond motifs is 1. The Morgan fingerprint density at radius 3 is 2.42 bits per heavy atom. The molecule has 1 atom stereocenters. The van der Waals surface area contributed by atoms with Gasteiger partial charge in [0, 0.05) is 43.8 Å². The van der Waals surface area contributed by atoms with Crippen LogP contribution in [-0.2, 0) is 6.54 Å². The van der Waals surface area contributed by atoms with E-state index in [-0.39, 0.29) is 17.6 Å². The number of aromatic nitrogens is 5. The second-order valence-electron chi connectivity index (χ2n) is 11.4. The van der Waals surface area contributed by atoms with Crippen molar-refractivity contribution < 1.29 is 4.74 Å². The van der Waals surface area contributed by atoms with Crippen LogP contribution in [0.5, 0.6) is 5.75 Å². The lowest BCUT2D eigenvalue weighted by Gasteiger charge is -2.39. The molecular weight excluding hydrogens is 502 g/mol. The summed E-state index contributed by atoms with van der Waals surface area (Å²) in [4.78, 5) is 21.7. The first-order valence-electron chi connectivity index (χ1n) is 14.5. The smallest absolute Gasteiger partial charge is 0.253 e. The lowest BCUT2D eigenvalue weighted by molar-refractivity contribution is 0.0982. The molecule has 2 aromatic carbocycles. The summed E-state index contributed by atoms with van der Waals surface area (Å²) in [6.07, 6.45) is 5.79. The number of aryl methyl sites for hydroxylation is 2. The summed E-state index contributed by atoms with van der Waals surface area (Å²) in [7, 11) is 1.69. The number of tetrazole rings is 1. The van der Waals surface area contributed by atoms with Gasteiger partial charge in [0.1, 0.15) is 11.8 Å². The molecule has 2 aliphatic rings. The second-order valence-corrected chi connectivity index (χ2v) is 11.4. The predicted octanol–water partition coefficient (Wildman–Crippen LogP) is 4.55. The monoisotopic (exact) mass is 541 g/mol. The number of nitrogens with one attached hydrogen (secondary N) is 1. The molecule has 1 saturated carbocycles. The number of nitrogens with zero attached hydrogens (tertiary/aromatic N) is 6. The van der Waals surface area contributed by atoms with Crippen molar-refractivity contribution in [3.63, 3.8) is 0 Å². The fourth-order valence-electron chi connectivity index (χ4n) is 6.33. The first kappa shape index (κ1) is 26.7. The summed E-state index contributed by atoms with van der Waals surface area (Å²) in [6.45, 7) is 8.52. The molecule has 1 aliphatic heterocycles. The summed E-state index contributed by atoms with van der Waals surface area (Å²) >= 11 is 0. The second kappa shape index (κ2) is 11.5. The summed E-state index contributed by atoms with van der Waals surface area (Å²) in [5, 5.41) is 14.2. The third kappa shape index (κ3) is 5.40. The van der Waals surface area contributed by atoms with Crippen LogP contribution >= 0.6 is 0 Å². The van der Waals surface area contributed by atoms with Gasteiger partial charge in [-0.1, -0.05) is 31.4 Å². The topological polar surface area (TPSA) is 92.2 Å². The normalized spacial score (nSPS) is 18.3. The molecule has 4 aromatic rings. The van der Waals surface area contributed by atoms with E-state index in [0.29, 0.717) is 5.56 Å². The molecule has 2 aromatic heterocycles. The van der Waals surface area contributed by atoms with Crippen LogP contribution in [0.15, 0.2) is 47.3 Å². The predicted molar refractivity (Wildman–Crippen MR) is 156 cm³/mol. The van der Waals surface area contributed by atoms with Crippen LogP contribution in [0.3, 0.4) is 0 Å². The molecule has 0 bridgehead atoms. The zero-order valence-electron chi connectivity index (χ0n) is 23.8. The van der Waals surface area contributed by atoms with Crippen molar-refractivity contribution in [2.75, 3.05) is 33.3 Å². The van der Waals surface area contributed by atoms with Crippen molar-refractivity contribution in [2.24, 2.45) is 0 Å². The Kier molecular flexibility index (Phi) is 7.67. The van der Waals surface area contributed by atoms with Gasteiger partial charge in [-0.2, -0.15) is 0 Å². The Balaban J connectivity index is 1.32. The van der Waals surface area contributed by atoms with Gasteiger partial charge >= 0.3 is 0 Å². The number of rotatable bonds is 7. The minimum absolute atomic E-state index is 0.0698. The molecular formula is C31H39N7O2. The Bertz CT molecular complexity index is 1510. The van der Waals surface area contributed by atoms with E-state index in [2.05, 4.69) is 74.5 Å². The fraction of sp³-hybridized carbons (Fsp3) is 0.484. The summed E-state index contributed by atoms with van der Waals surface area (Å²) in [5.41, 5.74) is 5.16. The van der Waals surface area contributed by atoms with Crippen molar-refractivity contribution in [3.8, 4) is 5.75 Å². The molecule has 0 radical (unpaired) electrons. The number of benzene rings is 2. The molecule has 210 valence electrons. The molecule has 9 heteroatoms. The Morgan fingerprint density at radius 2 is 1.70 bits per heavy atom. The molecule has 1 unspecified atom stereocenters. The lowest BCUT2D eigenvalue weighted by atomic mass is 9.95. The molecule has 9 nitrogen and oxygen atoms in total. The minimum Gasteiger partial charge on any atom is -0.497 e. The van der Waals surface area contributed by atoms with Gasteiger partial charge < -0.3 is 9.72 Å². The summed E-state index contributed by atoms with van der Waals surface area (Å²) in [6, 6.07) is 14.6. The molecule has 1 aliphatic carbocycles. The van der Waals surface area contributed by atoms with Gasteiger partial charge in [-0.3, -0.25) is 14.6 Å². The number of piperazine rings is 1. The maximum atomic E-state index is 13.7. The SMILES string of the molecule is COc1ccc(CN2CCN(C(c3cc4cc(C)c(C)cc4[nH]c3=O)c3nnnn3C3CCCCC3)CC2)cc1. The van der Waals surface area contributed by atoms with Crippen LogP contribution in [0, 0.1) is 13.8 Å². The van der Waals surface area contributed by atoms with Gasteiger partial charge in [0.05, 0.1) is 13.2 Å². The summed E-state index contributed by atoms with van der Waals surface area (Å²) in [5.74, 6) is 1.65. The van der Waals surface area contributed by atoms with E-state index < -0.39 is 0 Å². The van der Waals surface area contributed by atoms with E-state index in [1.165, 1.54) is 36.0 Å². The molecule has 2 fully saturated rings. The summed E-state index contributed by atoms with van der Waals surface area (Å²) < 4.78 is 7.34. The molecule has 6 rings (SSSR count). The molecule has 1 N–H and O–H groups in total. The largest absolute Gasteiger partial charge is 0.497 e. The van der Waals surface area contributed by atoms with Crippen molar-refractivity contribution >= 4 is 10.9 Å². The minimum atomic E-state index is -0.310. The highest BCUT2D eigenvalue weighted by molar-refractivity contribution is 5.81. The van der Waals surface area contributed by atoms with Gasteiger partial charge in [-0.05, 0) is 89.5 Å². The number of hydrogen-bond acceptors (Lipinski definition) is 7. The highest BCUT2D eigenvalue weighted by atomic mass is 16.5. The molecule has 40 heavy (non-hydrogen) atoms. The average molecular weight is 542 g/mol. The van der Waals surface area contributed by atoms with Gasteiger partial charge in [0.2, 0.25) is 0 Å². The zero-order chi connectivity index (χ0) is 27.6. The Morgan fingerprint density at radius 1 is 0.975 bits per heavy atom. The standard InChI is InChI=1S/C31H39N7O2/c1-21-17-24-19-27(31(39)32-28(24)18-22(21)2)29(30-33-34-35-38(30)25-7-5-4-6-8-25)37-15-13-36(14-16-37)20-23-9-11-26(40-3)12-10-23/h9-12,17-19,25,29H,4-8,13-16,20H2,1-3H3,(H,32,39). The van der Waals surface area contributed by atoms with Gasteiger partial charge in [0.25, 0.3) is 5.56 Å². The van der Waals surface area contributed by atoms with Crippen LogP contribution in [0.25, 0.3) is 10.9 Å². The Labute approximate surface area is 235 Å². The lowest BCUT2D eigenvalue weighted by Crippen LogP contribution is -2.48. The van der Waals surface area contributed by atoms with Crippen molar-refractivity contribution in [1.82, 2.24) is 35.0 Å². The van der Waals surface area contributed by atoms with Crippen LogP contribution < -0.4 is 10.3 Å². The molecule has 0 amide bonds. The van der Waals surface area contributed by atoms with Crippen molar-refractivity contribution in [1.29, 1.82) is 0 Å². The van der Waals surface area contributed by atoms with E-state index in [0.717, 1.165) is 68.0 Å². The van der Waals surface area contributed by atoms with E-state index in [1.54, 1.807) is 7.11 Å². The first-order valence-corrected chi connectivity index (χ1v) is 14.5. The van der Waals surface area contributed by atoms with Crippen molar-refractivity contribution in [3.05, 3.63) is 80.9 Å². The van der Waals surface area contributed by atoms with Crippen LogP contribution in [0.2, 0.25) is 0 Å². The van der Waals surface area contributed by atoms with Crippen molar-refractivity contribution in [2.45, 2.75) is 64.6 Å². The maximum absolute atomic E-state index is 13.7. The number of methoxy groups -OCH3 is 1. The van der Waals surface area contributed by atoms with Crippen LogP contribution in [0.1, 0.15) is 72.3 Å². The Hall–Kier alpha value is -3.56. The van der Waals surface area contributed by atoms with E-state index in [4.69, 9.17) is 4.74 Å². The van der Waals surface area contributed by atoms with E-state index in [1.807, 2.05) is 16.8 Å². The number of aromatic amines is 1. The fourth-order valence-corrected chi connectivity index (χ4v) is 6.33. The van der Waals surface area contributed by atoms with Gasteiger partial charge in [-0.15, -0.1) is 5.10 Å². The van der Waals surface area contributed by atoms with E-state index in [9.17, 15) is 4.79 Å².